The van der Waals surface area contributed by atoms with E-state index < -0.39 is 0 Å². The van der Waals surface area contributed by atoms with Gasteiger partial charge in [0.15, 0.2) is 5.78 Å². The zero-order chi connectivity index (χ0) is 8.81. The molecule has 12 heavy (non-hydrogen) atoms. The Hall–Kier alpha value is -1.22. The van der Waals surface area contributed by atoms with Gasteiger partial charge in [0.2, 0.25) is 0 Å². The largest absolute Gasteiger partial charge is 0.377 e. The number of ether oxygens (including phenoxy) is 1. The summed E-state index contributed by atoms with van der Waals surface area (Å²) >= 11 is 0. The Balaban J connectivity index is 2.47. The van der Waals surface area contributed by atoms with Gasteiger partial charge in [0, 0.05) is 25.9 Å². The summed E-state index contributed by atoms with van der Waals surface area (Å²) in [6.07, 6.45) is 3.78. The number of ketones is 1. The SMILES string of the molecule is COCC(=O)Cc1cccnc1. The molecule has 1 heterocycles. The lowest BCUT2D eigenvalue weighted by atomic mass is 10.1. The van der Waals surface area contributed by atoms with Crippen molar-refractivity contribution in [3.63, 3.8) is 0 Å². The Labute approximate surface area is 71.4 Å². The van der Waals surface area contributed by atoms with Crippen LogP contribution in [0.4, 0.5) is 0 Å². The second kappa shape index (κ2) is 4.62. The molecule has 1 rings (SSSR count). The van der Waals surface area contributed by atoms with Gasteiger partial charge in [-0.2, -0.15) is 0 Å². The van der Waals surface area contributed by atoms with Crippen molar-refractivity contribution in [3.8, 4) is 0 Å². The first-order chi connectivity index (χ1) is 5.83. The summed E-state index contributed by atoms with van der Waals surface area (Å²) in [6, 6.07) is 3.69. The molecule has 0 aliphatic rings. The minimum atomic E-state index is 0.0745. The van der Waals surface area contributed by atoms with Crippen molar-refractivity contribution in [1.82, 2.24) is 4.98 Å². The lowest BCUT2D eigenvalue weighted by molar-refractivity contribution is -0.121. The van der Waals surface area contributed by atoms with Crippen LogP contribution in [0.3, 0.4) is 0 Å². The molecule has 3 heteroatoms. The third-order valence-electron chi connectivity index (χ3n) is 1.43. The van der Waals surface area contributed by atoms with E-state index in [0.717, 1.165) is 5.56 Å². The van der Waals surface area contributed by atoms with Crippen molar-refractivity contribution in [2.75, 3.05) is 13.7 Å². The van der Waals surface area contributed by atoms with Crippen LogP contribution < -0.4 is 0 Å². The van der Waals surface area contributed by atoms with Crippen molar-refractivity contribution in [2.45, 2.75) is 6.42 Å². The van der Waals surface area contributed by atoms with E-state index in [0.29, 0.717) is 6.42 Å². The molecule has 0 saturated heterocycles. The van der Waals surface area contributed by atoms with Crippen molar-refractivity contribution < 1.29 is 9.53 Å². The Kier molecular flexibility index (Phi) is 3.41. The molecule has 0 N–H and O–H groups in total. The summed E-state index contributed by atoms with van der Waals surface area (Å²) in [5.74, 6) is 0.0745. The smallest absolute Gasteiger partial charge is 0.162 e. The normalized spacial score (nSPS) is 9.75. The number of pyridine rings is 1. The number of Topliss-reactive ketones (excluding diaryl/α,β-unsaturated/α-hetero) is 1. The number of rotatable bonds is 4. The van der Waals surface area contributed by atoms with Crippen LogP contribution in [0.5, 0.6) is 0 Å². The van der Waals surface area contributed by atoms with Gasteiger partial charge in [-0.25, -0.2) is 0 Å². The van der Waals surface area contributed by atoms with Crippen LogP contribution >= 0.6 is 0 Å². The molecule has 0 fully saturated rings. The molecule has 0 amide bonds. The fourth-order valence-electron chi connectivity index (χ4n) is 0.942. The number of methoxy groups -OCH3 is 1. The van der Waals surface area contributed by atoms with Gasteiger partial charge in [0.05, 0.1) is 0 Å². The van der Waals surface area contributed by atoms with E-state index in [1.54, 1.807) is 12.4 Å². The Morgan fingerprint density at radius 1 is 1.67 bits per heavy atom. The first-order valence-corrected chi connectivity index (χ1v) is 3.72. The van der Waals surface area contributed by atoms with Crippen LogP contribution in [0, 0.1) is 0 Å². The lowest BCUT2D eigenvalue weighted by Crippen LogP contribution is -2.09. The Morgan fingerprint density at radius 2 is 2.50 bits per heavy atom. The van der Waals surface area contributed by atoms with E-state index >= 15 is 0 Å². The van der Waals surface area contributed by atoms with E-state index in [1.165, 1.54) is 7.11 Å². The van der Waals surface area contributed by atoms with Gasteiger partial charge >= 0.3 is 0 Å². The molecular formula is C9H11NO2. The highest BCUT2D eigenvalue weighted by Gasteiger charge is 2.01. The fourth-order valence-corrected chi connectivity index (χ4v) is 0.942. The highest BCUT2D eigenvalue weighted by Crippen LogP contribution is 1.97. The molecule has 3 nitrogen and oxygen atoms in total. The summed E-state index contributed by atoms with van der Waals surface area (Å²) in [5, 5.41) is 0. The van der Waals surface area contributed by atoms with Crippen molar-refractivity contribution in [2.24, 2.45) is 0 Å². The molecule has 0 bridgehead atoms. The van der Waals surface area contributed by atoms with Gasteiger partial charge in [0.1, 0.15) is 6.61 Å². The van der Waals surface area contributed by atoms with Crippen LogP contribution in [0.1, 0.15) is 5.56 Å². The molecule has 0 aromatic carbocycles. The van der Waals surface area contributed by atoms with Gasteiger partial charge in [-0.05, 0) is 11.6 Å². The predicted octanol–water partition coefficient (Wildman–Crippen LogP) is 0.840. The number of carbonyl (C=O) groups is 1. The minimum absolute atomic E-state index is 0.0745. The third-order valence-corrected chi connectivity index (χ3v) is 1.43. The predicted molar refractivity (Wildman–Crippen MR) is 44.8 cm³/mol. The molecule has 64 valence electrons. The molecule has 0 unspecified atom stereocenters. The maximum atomic E-state index is 11.1. The summed E-state index contributed by atoms with van der Waals surface area (Å²) in [7, 11) is 1.52. The van der Waals surface area contributed by atoms with E-state index in [4.69, 9.17) is 4.74 Å². The number of hydrogen-bond donors (Lipinski definition) is 0. The average Bonchev–Trinajstić information content (AvgIpc) is 2.06. The first-order valence-electron chi connectivity index (χ1n) is 3.72. The zero-order valence-corrected chi connectivity index (χ0v) is 6.99. The topological polar surface area (TPSA) is 39.2 Å². The number of carbonyl (C=O) groups excluding carboxylic acids is 1. The average molecular weight is 165 g/mol. The number of aromatic nitrogens is 1. The standard InChI is InChI=1S/C9H11NO2/c1-12-7-9(11)5-8-3-2-4-10-6-8/h2-4,6H,5,7H2,1H3. The molecule has 0 saturated carbocycles. The molecular weight excluding hydrogens is 154 g/mol. The van der Waals surface area contributed by atoms with E-state index in [2.05, 4.69) is 4.98 Å². The third kappa shape index (κ3) is 2.80. The molecule has 0 aliphatic carbocycles. The summed E-state index contributed by atoms with van der Waals surface area (Å²) < 4.78 is 4.71. The summed E-state index contributed by atoms with van der Waals surface area (Å²) in [4.78, 5) is 15.0. The highest BCUT2D eigenvalue weighted by atomic mass is 16.5. The van der Waals surface area contributed by atoms with Gasteiger partial charge in [0.25, 0.3) is 0 Å². The van der Waals surface area contributed by atoms with Crippen molar-refractivity contribution in [3.05, 3.63) is 30.1 Å². The quantitative estimate of drug-likeness (QED) is 0.663. The summed E-state index contributed by atoms with van der Waals surface area (Å²) in [6.45, 7) is 0.175. The van der Waals surface area contributed by atoms with Crippen molar-refractivity contribution in [1.29, 1.82) is 0 Å². The van der Waals surface area contributed by atoms with Crippen LogP contribution in [-0.4, -0.2) is 24.5 Å². The van der Waals surface area contributed by atoms with Gasteiger partial charge in [-0.1, -0.05) is 6.07 Å². The molecule has 0 aliphatic heterocycles. The maximum Gasteiger partial charge on any atom is 0.162 e. The van der Waals surface area contributed by atoms with Crippen molar-refractivity contribution >= 4 is 5.78 Å². The fraction of sp³-hybridized carbons (Fsp3) is 0.333. The second-order valence-corrected chi connectivity index (χ2v) is 2.51. The molecule has 0 radical (unpaired) electrons. The second-order valence-electron chi connectivity index (χ2n) is 2.51. The van der Waals surface area contributed by atoms with Gasteiger partial charge in [-0.15, -0.1) is 0 Å². The van der Waals surface area contributed by atoms with E-state index in [9.17, 15) is 4.79 Å². The lowest BCUT2D eigenvalue weighted by Gasteiger charge is -1.98. The van der Waals surface area contributed by atoms with Crippen LogP contribution in [0.15, 0.2) is 24.5 Å². The van der Waals surface area contributed by atoms with Crippen LogP contribution in [-0.2, 0) is 16.0 Å². The monoisotopic (exact) mass is 165 g/mol. The van der Waals surface area contributed by atoms with E-state index in [1.807, 2.05) is 12.1 Å². The molecule has 1 aromatic rings. The molecule has 0 atom stereocenters. The van der Waals surface area contributed by atoms with Gasteiger partial charge in [-0.3, -0.25) is 9.78 Å². The molecule has 0 spiro atoms. The summed E-state index contributed by atoms with van der Waals surface area (Å²) in [5.41, 5.74) is 0.930. The highest BCUT2D eigenvalue weighted by molar-refractivity contribution is 5.81. The van der Waals surface area contributed by atoms with Crippen LogP contribution in [0.25, 0.3) is 0 Å². The van der Waals surface area contributed by atoms with E-state index in [-0.39, 0.29) is 12.4 Å². The maximum absolute atomic E-state index is 11.1. The first kappa shape index (κ1) is 8.87. The zero-order valence-electron chi connectivity index (χ0n) is 6.99. The Morgan fingerprint density at radius 3 is 3.08 bits per heavy atom. The Bertz CT molecular complexity index is 246. The van der Waals surface area contributed by atoms with Gasteiger partial charge < -0.3 is 4.74 Å². The minimum Gasteiger partial charge on any atom is -0.377 e. The number of hydrogen-bond acceptors (Lipinski definition) is 3. The molecule has 1 aromatic heterocycles. The van der Waals surface area contributed by atoms with Crippen LogP contribution in [0.2, 0.25) is 0 Å². The number of nitrogens with zero attached hydrogens (tertiary/aromatic N) is 1.